The molecule has 0 amide bonds. The van der Waals surface area contributed by atoms with Crippen LogP contribution >= 0.6 is 0 Å². The fraction of sp³-hybridized carbons (Fsp3) is 0.267. The highest BCUT2D eigenvalue weighted by Gasteiger charge is 2.15. The van der Waals surface area contributed by atoms with Gasteiger partial charge in [-0.2, -0.15) is 8.78 Å². The Bertz CT molecular complexity index is 1280. The molecule has 5 heteroatoms. The molecule has 4 rings (SSSR count). The van der Waals surface area contributed by atoms with Crippen LogP contribution in [0.15, 0.2) is 72.8 Å². The van der Waals surface area contributed by atoms with Gasteiger partial charge >= 0.3 is 6.61 Å². The Hall–Kier alpha value is -3.34. The second kappa shape index (κ2) is 11.4. The lowest BCUT2D eigenvalue weighted by atomic mass is 9.96. The number of unbranched alkanes of at least 4 members (excludes halogenated alkanes) is 4. The smallest absolute Gasteiger partial charge is 0.387 e. The van der Waals surface area contributed by atoms with Gasteiger partial charge in [0.2, 0.25) is 0 Å². The monoisotopic (exact) mass is 480 g/mol. The third kappa shape index (κ3) is 6.02. The third-order valence-corrected chi connectivity index (χ3v) is 6.27. The van der Waals surface area contributed by atoms with E-state index in [-0.39, 0.29) is 11.1 Å². The van der Waals surface area contributed by atoms with E-state index in [4.69, 9.17) is 0 Å². The summed E-state index contributed by atoms with van der Waals surface area (Å²) in [7, 11) is 0. The van der Waals surface area contributed by atoms with E-state index in [1.807, 2.05) is 12.1 Å². The summed E-state index contributed by atoms with van der Waals surface area (Å²) in [6.07, 6.45) is 7.36. The zero-order chi connectivity index (χ0) is 24.8. The lowest BCUT2D eigenvalue weighted by Gasteiger charge is -2.11. The molecule has 0 atom stereocenters. The first-order valence-corrected chi connectivity index (χ1v) is 12.0. The van der Waals surface area contributed by atoms with E-state index in [1.165, 1.54) is 43.7 Å². The molecule has 0 aliphatic heterocycles. The first-order valence-electron chi connectivity index (χ1n) is 12.0. The van der Waals surface area contributed by atoms with Crippen LogP contribution in [0.5, 0.6) is 5.75 Å². The molecule has 0 bridgehead atoms. The largest absolute Gasteiger partial charge is 0.432 e. The summed E-state index contributed by atoms with van der Waals surface area (Å²) in [6.45, 7) is -0.913. The Balaban J connectivity index is 1.53. The zero-order valence-electron chi connectivity index (χ0n) is 19.7. The summed E-state index contributed by atoms with van der Waals surface area (Å²) in [4.78, 5) is 0. The number of fused-ring (bicyclic) bond motifs is 1. The van der Waals surface area contributed by atoms with Crippen molar-refractivity contribution in [1.29, 1.82) is 0 Å². The van der Waals surface area contributed by atoms with Gasteiger partial charge in [-0.15, -0.1) is 0 Å². The summed E-state index contributed by atoms with van der Waals surface area (Å²) >= 11 is 0. The van der Waals surface area contributed by atoms with E-state index in [0.717, 1.165) is 35.1 Å². The minimum Gasteiger partial charge on any atom is -0.432 e. The molecule has 0 heterocycles. The van der Waals surface area contributed by atoms with Crippen LogP contribution in [0, 0.1) is 11.6 Å². The van der Waals surface area contributed by atoms with E-state index in [0.29, 0.717) is 5.39 Å². The molecule has 0 unspecified atom stereocenters. The molecule has 1 nitrogen and oxygen atoms in total. The third-order valence-electron chi connectivity index (χ3n) is 6.27. The first kappa shape index (κ1) is 24.8. The van der Waals surface area contributed by atoms with Crippen LogP contribution in [0.3, 0.4) is 0 Å². The molecule has 0 aliphatic rings. The van der Waals surface area contributed by atoms with E-state index in [9.17, 15) is 13.2 Å². The van der Waals surface area contributed by atoms with Crippen LogP contribution < -0.4 is 4.74 Å². The van der Waals surface area contributed by atoms with Crippen LogP contribution in [0.2, 0.25) is 0 Å². The topological polar surface area (TPSA) is 9.23 Å². The minimum absolute atomic E-state index is 0.191. The van der Waals surface area contributed by atoms with Gasteiger partial charge in [0.1, 0.15) is 5.82 Å². The molecular weight excluding hydrogens is 452 g/mol. The van der Waals surface area contributed by atoms with Crippen molar-refractivity contribution in [1.82, 2.24) is 0 Å². The van der Waals surface area contributed by atoms with Crippen molar-refractivity contribution in [2.75, 3.05) is 0 Å². The highest BCUT2D eigenvalue weighted by molar-refractivity contribution is 5.91. The van der Waals surface area contributed by atoms with Crippen molar-refractivity contribution < 1.29 is 22.3 Å². The molecule has 4 aromatic rings. The maximum Gasteiger partial charge on any atom is 0.387 e. The second-order valence-corrected chi connectivity index (χ2v) is 8.75. The summed E-state index contributed by atoms with van der Waals surface area (Å²) in [5.41, 5.74) is 3.80. The average Bonchev–Trinajstić information content (AvgIpc) is 2.85. The molecule has 0 radical (unpaired) electrons. The van der Waals surface area contributed by atoms with Crippen LogP contribution in [0.25, 0.3) is 33.0 Å². The van der Waals surface area contributed by atoms with Crippen molar-refractivity contribution in [3.05, 3.63) is 90.0 Å². The average molecular weight is 481 g/mol. The SMILES string of the molecule is CCCCCCCc1ccc(-c2ccc3c(F)c(-c4ccc(OC(F)F)c(F)c4)ccc3c2)cc1. The molecule has 0 aliphatic carbocycles. The predicted octanol–water partition coefficient (Wildman–Crippen LogP) is 9.57. The van der Waals surface area contributed by atoms with Gasteiger partial charge in [0, 0.05) is 10.9 Å². The van der Waals surface area contributed by atoms with Gasteiger partial charge in [-0.3, -0.25) is 0 Å². The Morgan fingerprint density at radius 2 is 1.43 bits per heavy atom. The predicted molar refractivity (Wildman–Crippen MR) is 134 cm³/mol. The van der Waals surface area contributed by atoms with Crippen molar-refractivity contribution >= 4 is 10.8 Å². The van der Waals surface area contributed by atoms with Gasteiger partial charge in [-0.25, -0.2) is 8.78 Å². The standard InChI is InChI=1S/C30H28F4O/c1-2-3-4-5-6-7-20-8-10-21(11-9-20)22-12-15-25-23(18-22)13-16-26(29(25)32)24-14-17-28(27(31)19-24)35-30(33)34/h8-19,30H,2-7H2,1H3. The molecule has 0 spiro atoms. The summed E-state index contributed by atoms with van der Waals surface area (Å²) < 4.78 is 58.3. The lowest BCUT2D eigenvalue weighted by molar-refractivity contribution is -0.0521. The maximum atomic E-state index is 15.3. The Morgan fingerprint density at radius 3 is 2.14 bits per heavy atom. The molecule has 0 saturated heterocycles. The maximum absolute atomic E-state index is 15.3. The number of ether oxygens (including phenoxy) is 1. The number of benzene rings is 4. The van der Waals surface area contributed by atoms with Crippen molar-refractivity contribution in [3.8, 4) is 28.0 Å². The van der Waals surface area contributed by atoms with Crippen LogP contribution in [0.1, 0.15) is 44.6 Å². The molecule has 4 aromatic carbocycles. The Morgan fingerprint density at radius 1 is 0.714 bits per heavy atom. The summed E-state index contributed by atoms with van der Waals surface area (Å²) in [5.74, 6) is -2.03. The van der Waals surface area contributed by atoms with Gasteiger partial charge in [-0.1, -0.05) is 87.2 Å². The number of halogens is 4. The van der Waals surface area contributed by atoms with Crippen LogP contribution in [-0.2, 0) is 6.42 Å². The fourth-order valence-electron chi connectivity index (χ4n) is 4.35. The second-order valence-electron chi connectivity index (χ2n) is 8.75. The van der Waals surface area contributed by atoms with E-state index in [2.05, 4.69) is 35.9 Å². The zero-order valence-corrected chi connectivity index (χ0v) is 19.7. The Labute approximate surface area is 203 Å². The number of alkyl halides is 2. The lowest BCUT2D eigenvalue weighted by Crippen LogP contribution is -2.03. The molecule has 35 heavy (non-hydrogen) atoms. The van der Waals surface area contributed by atoms with Gasteiger partial charge in [0.25, 0.3) is 0 Å². The summed E-state index contributed by atoms with van der Waals surface area (Å²) in [6, 6.07) is 20.8. The van der Waals surface area contributed by atoms with Crippen LogP contribution in [-0.4, -0.2) is 6.61 Å². The summed E-state index contributed by atoms with van der Waals surface area (Å²) in [5, 5.41) is 1.13. The molecule has 0 saturated carbocycles. The molecular formula is C30H28F4O. The first-order chi connectivity index (χ1) is 17.0. The molecule has 182 valence electrons. The number of hydrogen-bond acceptors (Lipinski definition) is 1. The number of rotatable bonds is 10. The van der Waals surface area contributed by atoms with Gasteiger partial charge in [0.15, 0.2) is 11.6 Å². The Kier molecular flexibility index (Phi) is 8.06. The van der Waals surface area contributed by atoms with Gasteiger partial charge in [-0.05, 0) is 58.7 Å². The van der Waals surface area contributed by atoms with Gasteiger partial charge < -0.3 is 4.74 Å². The normalized spacial score (nSPS) is 11.4. The molecule has 0 aromatic heterocycles. The van der Waals surface area contributed by atoms with Crippen molar-refractivity contribution in [2.45, 2.75) is 52.1 Å². The van der Waals surface area contributed by atoms with Crippen LogP contribution in [0.4, 0.5) is 17.6 Å². The number of aryl methyl sites for hydroxylation is 1. The minimum atomic E-state index is -3.13. The van der Waals surface area contributed by atoms with E-state index >= 15 is 4.39 Å². The molecule has 0 N–H and O–H groups in total. The van der Waals surface area contributed by atoms with Gasteiger partial charge in [0.05, 0.1) is 0 Å². The highest BCUT2D eigenvalue weighted by Crippen LogP contribution is 2.33. The van der Waals surface area contributed by atoms with Crippen molar-refractivity contribution in [3.63, 3.8) is 0 Å². The quantitative estimate of drug-likeness (QED) is 0.162. The molecule has 0 fully saturated rings. The van der Waals surface area contributed by atoms with E-state index in [1.54, 1.807) is 18.2 Å². The fourth-order valence-corrected chi connectivity index (χ4v) is 4.35. The highest BCUT2D eigenvalue weighted by atomic mass is 19.3. The van der Waals surface area contributed by atoms with E-state index < -0.39 is 24.0 Å². The number of hydrogen-bond donors (Lipinski definition) is 0. The van der Waals surface area contributed by atoms with Crippen molar-refractivity contribution in [2.24, 2.45) is 0 Å².